The van der Waals surface area contributed by atoms with Crippen LogP contribution in [0.25, 0.3) is 0 Å². The Bertz CT molecular complexity index is 256. The van der Waals surface area contributed by atoms with Crippen LogP contribution in [0.2, 0.25) is 0 Å². The summed E-state index contributed by atoms with van der Waals surface area (Å²) in [4.78, 5) is 0. The van der Waals surface area contributed by atoms with Gasteiger partial charge in [0.15, 0.2) is 0 Å². The smallest absolute Gasteiger partial charge is 0.117 e. The zero-order valence-electron chi connectivity index (χ0n) is 11.6. The first-order valence-electron chi connectivity index (χ1n) is 7.09. The van der Waals surface area contributed by atoms with Gasteiger partial charge in [-0.25, -0.2) is 0 Å². The van der Waals surface area contributed by atoms with Gasteiger partial charge in [0.05, 0.1) is 12.9 Å². The Morgan fingerprint density at radius 3 is 2.74 bits per heavy atom. The number of ether oxygens (including phenoxy) is 2. The number of aliphatic hydroxyl groups is 3. The topological polar surface area (TPSA) is 79.2 Å². The molecule has 0 unspecified atom stereocenters. The molecule has 0 aromatic rings. The molecule has 1 rings (SSSR count). The van der Waals surface area contributed by atoms with Crippen LogP contribution in [-0.4, -0.2) is 52.9 Å². The van der Waals surface area contributed by atoms with Gasteiger partial charge in [-0.1, -0.05) is 26.2 Å². The van der Waals surface area contributed by atoms with E-state index in [1.807, 2.05) is 6.08 Å². The molecule has 1 fully saturated rings. The highest BCUT2D eigenvalue weighted by molar-refractivity contribution is 4.88. The van der Waals surface area contributed by atoms with Gasteiger partial charge in [-0.2, -0.15) is 0 Å². The third-order valence-electron chi connectivity index (χ3n) is 3.25. The van der Waals surface area contributed by atoms with Crippen LogP contribution >= 0.6 is 0 Å². The fourth-order valence-corrected chi connectivity index (χ4v) is 2.04. The predicted octanol–water partition coefficient (Wildman–Crippen LogP) is 0.969. The van der Waals surface area contributed by atoms with Crippen molar-refractivity contribution < 1.29 is 24.8 Å². The first kappa shape index (κ1) is 16.4. The SMILES string of the molecule is CCCCCC/C=C/OC[C@@H](O)[C@H]1OC[C@H](O)[C@H]1O. The largest absolute Gasteiger partial charge is 0.499 e. The van der Waals surface area contributed by atoms with Crippen molar-refractivity contribution in [1.29, 1.82) is 0 Å². The maximum atomic E-state index is 9.75. The van der Waals surface area contributed by atoms with Crippen LogP contribution in [0.4, 0.5) is 0 Å². The van der Waals surface area contributed by atoms with Crippen molar-refractivity contribution in [3.8, 4) is 0 Å². The highest BCUT2D eigenvalue weighted by Crippen LogP contribution is 2.17. The molecule has 3 N–H and O–H groups in total. The fourth-order valence-electron chi connectivity index (χ4n) is 2.04. The molecule has 0 saturated carbocycles. The van der Waals surface area contributed by atoms with Gasteiger partial charge in [-0.05, 0) is 18.9 Å². The van der Waals surface area contributed by atoms with E-state index in [1.54, 1.807) is 6.26 Å². The Hall–Kier alpha value is -0.620. The fraction of sp³-hybridized carbons (Fsp3) is 0.857. The van der Waals surface area contributed by atoms with Gasteiger partial charge in [0, 0.05) is 0 Å². The van der Waals surface area contributed by atoms with E-state index in [1.165, 1.54) is 19.3 Å². The summed E-state index contributed by atoms with van der Waals surface area (Å²) < 4.78 is 10.3. The highest BCUT2D eigenvalue weighted by atomic mass is 16.5. The van der Waals surface area contributed by atoms with E-state index < -0.39 is 24.4 Å². The van der Waals surface area contributed by atoms with Gasteiger partial charge in [0.25, 0.3) is 0 Å². The van der Waals surface area contributed by atoms with Crippen LogP contribution in [0.3, 0.4) is 0 Å². The molecule has 0 aromatic heterocycles. The maximum absolute atomic E-state index is 9.75. The minimum absolute atomic E-state index is 0.0517. The second kappa shape index (κ2) is 9.31. The summed E-state index contributed by atoms with van der Waals surface area (Å²) in [7, 11) is 0. The summed E-state index contributed by atoms with van der Waals surface area (Å²) in [6, 6.07) is 0. The van der Waals surface area contributed by atoms with Crippen LogP contribution in [0.5, 0.6) is 0 Å². The number of hydrogen-bond donors (Lipinski definition) is 3. The molecule has 19 heavy (non-hydrogen) atoms. The van der Waals surface area contributed by atoms with E-state index in [4.69, 9.17) is 9.47 Å². The molecule has 1 heterocycles. The lowest BCUT2D eigenvalue weighted by Crippen LogP contribution is -2.40. The Morgan fingerprint density at radius 1 is 1.32 bits per heavy atom. The third kappa shape index (κ3) is 5.91. The summed E-state index contributed by atoms with van der Waals surface area (Å²) in [5.41, 5.74) is 0. The molecular formula is C14H26O5. The van der Waals surface area contributed by atoms with E-state index in [0.717, 1.165) is 12.8 Å². The standard InChI is InChI=1S/C14H26O5/c1-2-3-4-5-6-7-8-18-9-12(16)14-13(17)11(15)10-19-14/h7-8,11-17H,2-6,9-10H2,1H3/b8-7+/t11-,12+,13+,14+/m0/s1. The zero-order chi connectivity index (χ0) is 14.1. The van der Waals surface area contributed by atoms with E-state index in [-0.39, 0.29) is 13.2 Å². The first-order valence-corrected chi connectivity index (χ1v) is 7.09. The third-order valence-corrected chi connectivity index (χ3v) is 3.25. The summed E-state index contributed by atoms with van der Waals surface area (Å²) in [6.07, 6.45) is 5.66. The van der Waals surface area contributed by atoms with Crippen molar-refractivity contribution in [3.63, 3.8) is 0 Å². The van der Waals surface area contributed by atoms with Crippen molar-refractivity contribution in [3.05, 3.63) is 12.3 Å². The molecule has 0 radical (unpaired) electrons. The first-order chi connectivity index (χ1) is 9.16. The zero-order valence-corrected chi connectivity index (χ0v) is 11.6. The Labute approximate surface area is 114 Å². The lowest BCUT2D eigenvalue weighted by molar-refractivity contribution is -0.0703. The summed E-state index contributed by atoms with van der Waals surface area (Å²) >= 11 is 0. The molecule has 5 heteroatoms. The van der Waals surface area contributed by atoms with Gasteiger partial charge in [0.1, 0.15) is 31.0 Å². The van der Waals surface area contributed by atoms with Crippen molar-refractivity contribution in [2.75, 3.05) is 13.2 Å². The van der Waals surface area contributed by atoms with Crippen molar-refractivity contribution in [1.82, 2.24) is 0 Å². The molecule has 112 valence electrons. The number of unbranched alkanes of at least 4 members (excludes halogenated alkanes) is 4. The van der Waals surface area contributed by atoms with E-state index in [9.17, 15) is 15.3 Å². The van der Waals surface area contributed by atoms with Crippen LogP contribution in [0, 0.1) is 0 Å². The normalized spacial score (nSPS) is 28.9. The maximum Gasteiger partial charge on any atom is 0.117 e. The van der Waals surface area contributed by atoms with Gasteiger partial charge in [-0.15, -0.1) is 0 Å². The molecule has 0 spiro atoms. The van der Waals surface area contributed by atoms with Gasteiger partial charge < -0.3 is 24.8 Å². The Balaban J connectivity index is 2.07. The molecule has 4 atom stereocenters. The Morgan fingerprint density at radius 2 is 2.11 bits per heavy atom. The average molecular weight is 274 g/mol. The minimum Gasteiger partial charge on any atom is -0.499 e. The lowest BCUT2D eigenvalue weighted by atomic mass is 10.1. The van der Waals surface area contributed by atoms with Crippen LogP contribution in [-0.2, 0) is 9.47 Å². The average Bonchev–Trinajstić information content (AvgIpc) is 2.73. The van der Waals surface area contributed by atoms with Crippen LogP contribution in [0.1, 0.15) is 39.0 Å². The molecule has 1 aliphatic rings. The second-order valence-corrected chi connectivity index (χ2v) is 4.98. The summed E-state index contributed by atoms with van der Waals surface area (Å²) in [6.45, 7) is 2.28. The number of aliphatic hydroxyl groups excluding tert-OH is 3. The molecule has 0 bridgehead atoms. The van der Waals surface area contributed by atoms with Crippen molar-refractivity contribution >= 4 is 0 Å². The molecule has 0 amide bonds. The Kier molecular flexibility index (Phi) is 8.05. The second-order valence-electron chi connectivity index (χ2n) is 4.98. The number of hydrogen-bond acceptors (Lipinski definition) is 5. The summed E-state index contributed by atoms with van der Waals surface area (Å²) in [5.74, 6) is 0. The van der Waals surface area contributed by atoms with Crippen molar-refractivity contribution in [2.45, 2.75) is 63.4 Å². The van der Waals surface area contributed by atoms with E-state index >= 15 is 0 Å². The monoisotopic (exact) mass is 274 g/mol. The molecule has 5 nitrogen and oxygen atoms in total. The lowest BCUT2D eigenvalue weighted by Gasteiger charge is -2.20. The number of allylic oxidation sites excluding steroid dienone is 1. The molecule has 0 aliphatic carbocycles. The van der Waals surface area contributed by atoms with Gasteiger partial charge in [0.2, 0.25) is 0 Å². The molecular weight excluding hydrogens is 248 g/mol. The van der Waals surface area contributed by atoms with Crippen LogP contribution < -0.4 is 0 Å². The number of rotatable bonds is 9. The highest BCUT2D eigenvalue weighted by Gasteiger charge is 2.39. The van der Waals surface area contributed by atoms with E-state index in [2.05, 4.69) is 6.92 Å². The van der Waals surface area contributed by atoms with E-state index in [0.29, 0.717) is 0 Å². The molecule has 1 saturated heterocycles. The summed E-state index contributed by atoms with van der Waals surface area (Å²) in [5, 5.41) is 28.6. The minimum atomic E-state index is -1.04. The molecule has 0 aromatic carbocycles. The van der Waals surface area contributed by atoms with Gasteiger partial charge >= 0.3 is 0 Å². The van der Waals surface area contributed by atoms with Crippen molar-refractivity contribution in [2.24, 2.45) is 0 Å². The predicted molar refractivity (Wildman–Crippen MR) is 71.6 cm³/mol. The quantitative estimate of drug-likeness (QED) is 0.431. The molecule has 1 aliphatic heterocycles. The van der Waals surface area contributed by atoms with Crippen LogP contribution in [0.15, 0.2) is 12.3 Å². The van der Waals surface area contributed by atoms with Gasteiger partial charge in [-0.3, -0.25) is 0 Å².